The molecule has 1 fully saturated rings. The number of amides is 1. The van der Waals surface area contributed by atoms with E-state index in [2.05, 4.69) is 9.71 Å². The van der Waals surface area contributed by atoms with Crippen LogP contribution in [-0.2, 0) is 10.0 Å². The van der Waals surface area contributed by atoms with Crippen molar-refractivity contribution in [3.63, 3.8) is 0 Å². The van der Waals surface area contributed by atoms with E-state index in [1.807, 2.05) is 66.4 Å². The Morgan fingerprint density at radius 1 is 1.00 bits per heavy atom. The molecule has 1 N–H and O–H groups in total. The Balaban J connectivity index is 1.58. The summed E-state index contributed by atoms with van der Waals surface area (Å²) in [5.74, 6) is 0.229. The second kappa shape index (κ2) is 9.46. The van der Waals surface area contributed by atoms with E-state index in [1.165, 1.54) is 12.1 Å². The lowest BCUT2D eigenvalue weighted by Crippen LogP contribution is -2.20. The van der Waals surface area contributed by atoms with Crippen LogP contribution in [0.4, 0.5) is 17.1 Å². The lowest BCUT2D eigenvalue weighted by molar-refractivity contribution is 0.102. The van der Waals surface area contributed by atoms with Crippen molar-refractivity contribution in [2.45, 2.75) is 17.7 Å². The highest BCUT2D eigenvalue weighted by Gasteiger charge is 2.21. The fraction of sp³-hybridized carbons (Fsp3) is 0.200. The minimum atomic E-state index is -3.87. The molecule has 0 atom stereocenters. The fourth-order valence-corrected chi connectivity index (χ4v) is 4.92. The van der Waals surface area contributed by atoms with Crippen LogP contribution in [0.2, 0.25) is 0 Å². The van der Waals surface area contributed by atoms with E-state index in [-0.39, 0.29) is 10.8 Å². The lowest BCUT2D eigenvalue weighted by atomic mass is 10.1. The minimum Gasteiger partial charge on any atom is -0.362 e. The van der Waals surface area contributed by atoms with Crippen LogP contribution in [0.3, 0.4) is 0 Å². The van der Waals surface area contributed by atoms with Crippen molar-refractivity contribution in [2.24, 2.45) is 4.40 Å². The van der Waals surface area contributed by atoms with Crippen molar-refractivity contribution >= 4 is 38.8 Å². The molecule has 1 aliphatic heterocycles. The number of carbonyl (C=O) groups excluding carboxylic acids is 1. The molecular weight excluding hydrogens is 436 g/mol. The topological polar surface area (TPSA) is 82.1 Å². The average Bonchev–Trinajstić information content (AvgIpc) is 3.23. The van der Waals surface area contributed by atoms with Gasteiger partial charge in [0.2, 0.25) is 0 Å². The standard InChI is InChI=1S/C25H26N4O3S/c1-28-17-9-16-24(28)27-33(31,32)21-13-8-10-19(18-21)26-25(30)22-14-6-7-15-23(22)29(2)20-11-4-3-5-12-20/h3-8,10-15,18H,9,16-17H2,1-2H3,(H,26,30)/b27-24-. The average molecular weight is 463 g/mol. The maximum Gasteiger partial charge on any atom is 0.284 e. The van der Waals surface area contributed by atoms with Crippen molar-refractivity contribution in [1.29, 1.82) is 0 Å². The van der Waals surface area contributed by atoms with Crippen molar-refractivity contribution in [3.8, 4) is 0 Å². The molecule has 0 unspecified atom stereocenters. The summed E-state index contributed by atoms with van der Waals surface area (Å²) in [5, 5.41) is 2.83. The van der Waals surface area contributed by atoms with Gasteiger partial charge in [0.1, 0.15) is 5.84 Å². The van der Waals surface area contributed by atoms with Gasteiger partial charge in [0.25, 0.3) is 15.9 Å². The Morgan fingerprint density at radius 3 is 2.45 bits per heavy atom. The highest BCUT2D eigenvalue weighted by molar-refractivity contribution is 7.90. The summed E-state index contributed by atoms with van der Waals surface area (Å²) in [6, 6.07) is 23.2. The monoisotopic (exact) mass is 462 g/mol. The van der Waals surface area contributed by atoms with Crippen LogP contribution in [0.15, 0.2) is 88.2 Å². The number of rotatable bonds is 6. The number of sulfonamides is 1. The molecule has 3 aromatic rings. The number of amidine groups is 1. The first-order valence-electron chi connectivity index (χ1n) is 10.7. The third-order valence-corrected chi connectivity index (χ3v) is 6.90. The van der Waals surface area contributed by atoms with Gasteiger partial charge in [0.05, 0.1) is 16.1 Å². The fourth-order valence-electron chi connectivity index (χ4n) is 3.78. The number of para-hydroxylation sites is 2. The van der Waals surface area contributed by atoms with Gasteiger partial charge < -0.3 is 15.1 Å². The number of benzene rings is 3. The first-order valence-corrected chi connectivity index (χ1v) is 12.1. The molecule has 3 aromatic carbocycles. The quantitative estimate of drug-likeness (QED) is 0.582. The molecule has 33 heavy (non-hydrogen) atoms. The van der Waals surface area contributed by atoms with Crippen molar-refractivity contribution < 1.29 is 13.2 Å². The summed E-state index contributed by atoms with van der Waals surface area (Å²) >= 11 is 0. The number of likely N-dealkylation sites (tertiary alicyclic amines) is 1. The summed E-state index contributed by atoms with van der Waals surface area (Å²) in [4.78, 5) is 17.0. The summed E-state index contributed by atoms with van der Waals surface area (Å²) in [6.07, 6.45) is 1.52. The van der Waals surface area contributed by atoms with Gasteiger partial charge in [-0.05, 0) is 48.9 Å². The Bertz CT molecular complexity index is 1290. The van der Waals surface area contributed by atoms with Gasteiger partial charge in [0, 0.05) is 38.4 Å². The van der Waals surface area contributed by atoms with Crippen LogP contribution in [0.1, 0.15) is 23.2 Å². The molecule has 0 aliphatic carbocycles. The summed E-state index contributed by atoms with van der Waals surface area (Å²) in [5.41, 5.74) is 2.55. The number of nitrogens with one attached hydrogen (secondary N) is 1. The molecule has 0 aromatic heterocycles. The maximum absolute atomic E-state index is 13.1. The first-order chi connectivity index (χ1) is 15.8. The predicted molar refractivity (Wildman–Crippen MR) is 132 cm³/mol. The number of anilines is 3. The van der Waals surface area contributed by atoms with Crippen LogP contribution in [0.25, 0.3) is 0 Å². The molecule has 0 radical (unpaired) electrons. The molecule has 1 amide bonds. The molecular formula is C25H26N4O3S. The van der Waals surface area contributed by atoms with Gasteiger partial charge in [-0.3, -0.25) is 4.79 Å². The highest BCUT2D eigenvalue weighted by Crippen LogP contribution is 2.28. The van der Waals surface area contributed by atoms with Crippen LogP contribution in [-0.4, -0.2) is 45.7 Å². The third kappa shape index (κ3) is 5.06. The van der Waals surface area contributed by atoms with Crippen LogP contribution < -0.4 is 10.2 Å². The molecule has 0 saturated carbocycles. The zero-order valence-electron chi connectivity index (χ0n) is 18.6. The number of hydrogen-bond donors (Lipinski definition) is 1. The molecule has 0 spiro atoms. The van der Waals surface area contributed by atoms with Crippen LogP contribution in [0, 0.1) is 0 Å². The highest BCUT2D eigenvalue weighted by atomic mass is 32.2. The first kappa shape index (κ1) is 22.5. The van der Waals surface area contributed by atoms with Gasteiger partial charge >= 0.3 is 0 Å². The van der Waals surface area contributed by atoms with E-state index in [4.69, 9.17) is 0 Å². The largest absolute Gasteiger partial charge is 0.362 e. The zero-order chi connectivity index (χ0) is 23.4. The summed E-state index contributed by atoms with van der Waals surface area (Å²) in [7, 11) is -0.139. The smallest absolute Gasteiger partial charge is 0.284 e. The van der Waals surface area contributed by atoms with Crippen molar-refractivity contribution in [2.75, 3.05) is 30.9 Å². The molecule has 1 saturated heterocycles. The van der Waals surface area contributed by atoms with Crippen molar-refractivity contribution in [1.82, 2.24) is 4.90 Å². The predicted octanol–water partition coefficient (Wildman–Crippen LogP) is 4.52. The number of hydrogen-bond acceptors (Lipinski definition) is 4. The van der Waals surface area contributed by atoms with Crippen LogP contribution in [0.5, 0.6) is 0 Å². The molecule has 8 heteroatoms. The number of carbonyl (C=O) groups is 1. The van der Waals surface area contributed by atoms with E-state index >= 15 is 0 Å². The molecule has 4 rings (SSSR count). The van der Waals surface area contributed by atoms with Crippen LogP contribution >= 0.6 is 0 Å². The lowest BCUT2D eigenvalue weighted by Gasteiger charge is -2.22. The SMILES string of the molecule is CN1CCC/C1=N/S(=O)(=O)c1cccc(NC(=O)c2ccccc2N(C)c2ccccc2)c1. The molecule has 1 aliphatic rings. The Kier molecular flexibility index (Phi) is 6.46. The van der Waals surface area contributed by atoms with E-state index in [9.17, 15) is 13.2 Å². The Morgan fingerprint density at radius 2 is 1.73 bits per heavy atom. The van der Waals surface area contributed by atoms with E-state index in [1.54, 1.807) is 24.3 Å². The van der Waals surface area contributed by atoms with E-state index < -0.39 is 10.0 Å². The van der Waals surface area contributed by atoms with Gasteiger partial charge in [-0.15, -0.1) is 4.40 Å². The zero-order valence-corrected chi connectivity index (χ0v) is 19.4. The van der Waals surface area contributed by atoms with Gasteiger partial charge in [-0.1, -0.05) is 36.4 Å². The molecule has 7 nitrogen and oxygen atoms in total. The second-order valence-corrected chi connectivity index (χ2v) is 9.51. The van der Waals surface area contributed by atoms with Gasteiger partial charge in [0.15, 0.2) is 0 Å². The normalized spacial score (nSPS) is 15.0. The van der Waals surface area contributed by atoms with Gasteiger partial charge in [-0.25, -0.2) is 0 Å². The van der Waals surface area contributed by atoms with E-state index in [0.717, 1.165) is 24.3 Å². The Labute approximate surface area is 194 Å². The second-order valence-electron chi connectivity index (χ2n) is 7.90. The minimum absolute atomic E-state index is 0.0442. The summed E-state index contributed by atoms with van der Waals surface area (Å²) in [6.45, 7) is 0.793. The Hall–Kier alpha value is -3.65. The third-order valence-electron chi connectivity index (χ3n) is 5.60. The van der Waals surface area contributed by atoms with Gasteiger partial charge in [-0.2, -0.15) is 8.42 Å². The number of nitrogens with zero attached hydrogens (tertiary/aromatic N) is 3. The molecule has 170 valence electrons. The van der Waals surface area contributed by atoms with E-state index in [0.29, 0.717) is 23.5 Å². The molecule has 0 bridgehead atoms. The molecule has 1 heterocycles. The maximum atomic E-state index is 13.1. The summed E-state index contributed by atoms with van der Waals surface area (Å²) < 4.78 is 29.6. The van der Waals surface area contributed by atoms with Crippen molar-refractivity contribution in [3.05, 3.63) is 84.4 Å².